The number of unbranched alkanes of at least 4 members (excludes halogenated alkanes) is 6. The maximum absolute atomic E-state index is 12.6. The Balaban J connectivity index is 4.59. The SMILES string of the molecule is CC/C=C/C/C=C/C/C=C/C/C=C/CCCCC(=O)OC[C@H](COP(=O)([O-])OCC[N+](C)(C)C)OC(=O)CCC/C=C/C/C=C/C/C=C/C/C=C/CCCCC. The summed E-state index contributed by atoms with van der Waals surface area (Å²) in [5, 5.41) is 0. The van der Waals surface area contributed by atoms with Crippen molar-refractivity contribution in [3.05, 3.63) is 97.2 Å². The molecule has 0 aliphatic carbocycles. The van der Waals surface area contributed by atoms with Crippen LogP contribution in [0.3, 0.4) is 0 Å². The van der Waals surface area contributed by atoms with E-state index in [4.69, 9.17) is 18.5 Å². The topological polar surface area (TPSA) is 111 Å². The van der Waals surface area contributed by atoms with Crippen LogP contribution in [-0.4, -0.2) is 70.0 Å². The first-order valence-corrected chi connectivity index (χ1v) is 22.4. The van der Waals surface area contributed by atoms with Gasteiger partial charge in [0.1, 0.15) is 19.8 Å². The molecule has 318 valence electrons. The molecule has 0 saturated heterocycles. The lowest BCUT2D eigenvalue weighted by Gasteiger charge is -2.28. The third-order valence-corrected chi connectivity index (χ3v) is 9.05. The highest BCUT2D eigenvalue weighted by Crippen LogP contribution is 2.38. The number of esters is 2. The molecule has 0 saturated carbocycles. The van der Waals surface area contributed by atoms with E-state index in [-0.39, 0.29) is 26.1 Å². The van der Waals surface area contributed by atoms with Gasteiger partial charge in [-0.25, -0.2) is 0 Å². The predicted molar refractivity (Wildman–Crippen MR) is 231 cm³/mol. The maximum Gasteiger partial charge on any atom is 0.306 e. The number of nitrogens with zero attached hydrogens (tertiary/aromatic N) is 1. The molecular weight excluding hydrogens is 725 g/mol. The average molecular weight is 802 g/mol. The fourth-order valence-electron chi connectivity index (χ4n) is 4.81. The molecule has 0 bridgehead atoms. The van der Waals surface area contributed by atoms with E-state index in [9.17, 15) is 19.0 Å². The third kappa shape index (κ3) is 40.6. The zero-order chi connectivity index (χ0) is 41.4. The van der Waals surface area contributed by atoms with Gasteiger partial charge in [0.25, 0.3) is 7.82 Å². The van der Waals surface area contributed by atoms with Crippen molar-refractivity contribution >= 4 is 19.8 Å². The fraction of sp³-hybridized carbons (Fsp3) is 0.609. The number of hydrogen-bond acceptors (Lipinski definition) is 8. The fourth-order valence-corrected chi connectivity index (χ4v) is 5.54. The molecule has 0 N–H and O–H groups in total. The molecule has 0 aromatic rings. The highest BCUT2D eigenvalue weighted by atomic mass is 31.2. The Hall–Kier alpha value is -3.07. The van der Waals surface area contributed by atoms with E-state index in [1.807, 2.05) is 27.2 Å². The number of allylic oxidation sites excluding steroid dienone is 16. The summed E-state index contributed by atoms with van der Waals surface area (Å²) in [6.07, 6.45) is 48.8. The van der Waals surface area contributed by atoms with Gasteiger partial charge in [0.2, 0.25) is 0 Å². The van der Waals surface area contributed by atoms with Crippen LogP contribution in [0.25, 0.3) is 0 Å². The van der Waals surface area contributed by atoms with Crippen LogP contribution in [0, 0.1) is 0 Å². The summed E-state index contributed by atoms with van der Waals surface area (Å²) >= 11 is 0. The summed E-state index contributed by atoms with van der Waals surface area (Å²) in [5.74, 6) is -0.962. The van der Waals surface area contributed by atoms with Gasteiger partial charge in [-0.2, -0.15) is 0 Å². The molecule has 0 heterocycles. The number of phosphoric acid groups is 1. The number of ether oxygens (including phenoxy) is 2. The van der Waals surface area contributed by atoms with E-state index in [1.165, 1.54) is 19.3 Å². The molecule has 0 aromatic heterocycles. The second-order valence-electron chi connectivity index (χ2n) is 14.6. The molecule has 10 heteroatoms. The Morgan fingerprint density at radius 3 is 1.50 bits per heavy atom. The maximum atomic E-state index is 12.6. The number of phosphoric ester groups is 1. The number of carbonyl (C=O) groups excluding carboxylic acids is 2. The third-order valence-electron chi connectivity index (χ3n) is 8.09. The van der Waals surface area contributed by atoms with Gasteiger partial charge in [-0.1, -0.05) is 124 Å². The monoisotopic (exact) mass is 802 g/mol. The van der Waals surface area contributed by atoms with Gasteiger partial charge in [-0.05, 0) is 89.9 Å². The summed E-state index contributed by atoms with van der Waals surface area (Å²) in [5.41, 5.74) is 0. The largest absolute Gasteiger partial charge is 0.756 e. The van der Waals surface area contributed by atoms with Crippen molar-refractivity contribution in [2.24, 2.45) is 0 Å². The van der Waals surface area contributed by atoms with Gasteiger partial charge in [0.15, 0.2) is 6.10 Å². The zero-order valence-electron chi connectivity index (χ0n) is 35.5. The lowest BCUT2D eigenvalue weighted by atomic mass is 10.2. The van der Waals surface area contributed by atoms with Crippen LogP contribution < -0.4 is 4.89 Å². The second kappa shape index (κ2) is 37.5. The molecule has 56 heavy (non-hydrogen) atoms. The Labute approximate surface area is 341 Å². The quantitative estimate of drug-likeness (QED) is 0.0202. The van der Waals surface area contributed by atoms with Crippen LogP contribution >= 0.6 is 7.82 Å². The van der Waals surface area contributed by atoms with Crippen molar-refractivity contribution < 1.29 is 42.1 Å². The van der Waals surface area contributed by atoms with E-state index < -0.39 is 32.5 Å². The summed E-state index contributed by atoms with van der Waals surface area (Å²) in [6, 6.07) is 0. The Kier molecular flexibility index (Phi) is 35.4. The number of quaternary nitrogens is 1. The molecule has 2 atom stereocenters. The lowest BCUT2D eigenvalue weighted by molar-refractivity contribution is -0.870. The van der Waals surface area contributed by atoms with Crippen LogP contribution in [0.5, 0.6) is 0 Å². The van der Waals surface area contributed by atoms with Crippen LogP contribution in [0.15, 0.2) is 97.2 Å². The molecule has 9 nitrogen and oxygen atoms in total. The molecular formula is C46H76NO8P. The second-order valence-corrected chi connectivity index (χ2v) is 16.0. The summed E-state index contributed by atoms with van der Waals surface area (Å²) in [6.45, 7) is 3.93. The van der Waals surface area contributed by atoms with Crippen molar-refractivity contribution in [2.75, 3.05) is 47.5 Å². The molecule has 0 radical (unpaired) electrons. The molecule has 0 aromatic carbocycles. The van der Waals surface area contributed by atoms with E-state index in [0.29, 0.717) is 30.3 Å². The average Bonchev–Trinajstić information content (AvgIpc) is 3.15. The van der Waals surface area contributed by atoms with E-state index >= 15 is 0 Å². The highest BCUT2D eigenvalue weighted by Gasteiger charge is 2.21. The Bertz CT molecular complexity index is 1270. The van der Waals surface area contributed by atoms with Crippen LogP contribution in [0.4, 0.5) is 0 Å². The van der Waals surface area contributed by atoms with Crippen LogP contribution in [0.2, 0.25) is 0 Å². The van der Waals surface area contributed by atoms with E-state index in [1.54, 1.807) is 0 Å². The Morgan fingerprint density at radius 1 is 0.571 bits per heavy atom. The van der Waals surface area contributed by atoms with E-state index in [2.05, 4.69) is 105 Å². The summed E-state index contributed by atoms with van der Waals surface area (Å²) < 4.78 is 33.7. The number of likely N-dealkylation sites (N-methyl/N-ethyl adjacent to an activating group) is 1. The van der Waals surface area contributed by atoms with Crippen molar-refractivity contribution in [1.29, 1.82) is 0 Å². The molecule has 0 aliphatic heterocycles. The van der Waals surface area contributed by atoms with Crippen LogP contribution in [-0.2, 0) is 32.7 Å². The van der Waals surface area contributed by atoms with Gasteiger partial charge in [0.05, 0.1) is 27.7 Å². The lowest BCUT2D eigenvalue weighted by Crippen LogP contribution is -2.37. The van der Waals surface area contributed by atoms with Crippen molar-refractivity contribution in [2.45, 2.75) is 136 Å². The molecule has 0 spiro atoms. The number of rotatable bonds is 36. The van der Waals surface area contributed by atoms with Gasteiger partial charge < -0.3 is 27.9 Å². The molecule has 0 rings (SSSR count). The van der Waals surface area contributed by atoms with Gasteiger partial charge in [-0.3, -0.25) is 14.2 Å². The van der Waals surface area contributed by atoms with Gasteiger partial charge >= 0.3 is 11.9 Å². The summed E-state index contributed by atoms with van der Waals surface area (Å²) in [7, 11) is 1.09. The smallest absolute Gasteiger partial charge is 0.306 e. The minimum absolute atomic E-state index is 0.0535. The van der Waals surface area contributed by atoms with Crippen LogP contribution in [0.1, 0.15) is 129 Å². The normalized spacial score (nSPS) is 14.6. The molecule has 0 fully saturated rings. The number of carbonyl (C=O) groups is 2. The number of hydrogen-bond donors (Lipinski definition) is 0. The minimum atomic E-state index is -4.65. The van der Waals surface area contributed by atoms with Gasteiger partial charge in [-0.15, -0.1) is 0 Å². The first-order chi connectivity index (χ1) is 27.0. The first-order valence-electron chi connectivity index (χ1n) is 20.9. The minimum Gasteiger partial charge on any atom is -0.756 e. The van der Waals surface area contributed by atoms with Crippen molar-refractivity contribution in [3.63, 3.8) is 0 Å². The Morgan fingerprint density at radius 2 is 1.02 bits per heavy atom. The van der Waals surface area contributed by atoms with Crippen molar-refractivity contribution in [1.82, 2.24) is 0 Å². The van der Waals surface area contributed by atoms with E-state index in [0.717, 1.165) is 64.2 Å². The predicted octanol–water partition coefficient (Wildman–Crippen LogP) is 11.2. The molecule has 1 unspecified atom stereocenters. The van der Waals surface area contributed by atoms with Crippen molar-refractivity contribution in [3.8, 4) is 0 Å². The standard InChI is InChI=1S/C46H76NO8P/c1-6-8-10-12-14-16-18-20-22-23-25-27-29-31-33-35-37-39-46(49)55-44(43-54-56(50,51)53-41-40-47(3,4)5)42-52-45(48)38-36-34-32-30-28-26-24-21-19-17-15-13-11-9-7-2/h9,11,14-17,20-22,24-25,27-28,30-31,33,44H,6-8,10,12-13,18-19,23,26,29,32,34-43H2,1-5H3/b11-9+,16-14+,17-15+,22-20+,24-21+,27-25+,30-28+,33-31+/t44-/m1/s1. The molecule has 0 aliphatic rings. The zero-order valence-corrected chi connectivity index (χ0v) is 36.4. The van der Waals surface area contributed by atoms with Gasteiger partial charge in [0, 0.05) is 12.8 Å². The first kappa shape index (κ1) is 52.9. The molecule has 0 amide bonds. The highest BCUT2D eigenvalue weighted by molar-refractivity contribution is 7.45. The summed E-state index contributed by atoms with van der Waals surface area (Å²) in [4.78, 5) is 37.4.